The lowest BCUT2D eigenvalue weighted by atomic mass is 10.0. The Morgan fingerprint density at radius 2 is 2.04 bits per heavy atom. The van der Waals surface area contributed by atoms with Gasteiger partial charge in [-0.1, -0.05) is 12.1 Å². The number of carbonyl (C=O) groups excluding carboxylic acids is 2. The van der Waals surface area contributed by atoms with Gasteiger partial charge in [0.1, 0.15) is 0 Å². The molecule has 5 nitrogen and oxygen atoms in total. The molecule has 0 spiro atoms. The summed E-state index contributed by atoms with van der Waals surface area (Å²) >= 11 is 0. The molecule has 0 aliphatic carbocycles. The highest BCUT2D eigenvalue weighted by Crippen LogP contribution is 2.30. The summed E-state index contributed by atoms with van der Waals surface area (Å²) in [6.07, 6.45) is 2.23. The summed E-state index contributed by atoms with van der Waals surface area (Å²) in [5, 5.41) is 0. The van der Waals surface area contributed by atoms with E-state index in [9.17, 15) is 9.59 Å². The van der Waals surface area contributed by atoms with Crippen LogP contribution in [0.4, 0.5) is 5.69 Å². The van der Waals surface area contributed by atoms with Gasteiger partial charge in [0.15, 0.2) is 0 Å². The summed E-state index contributed by atoms with van der Waals surface area (Å²) < 4.78 is 0. The maximum absolute atomic E-state index is 12.7. The molecule has 2 unspecified atom stereocenters. The molecule has 2 aliphatic heterocycles. The molecule has 3 rings (SSSR count). The summed E-state index contributed by atoms with van der Waals surface area (Å²) in [7, 11) is 0. The first-order chi connectivity index (χ1) is 11.0. The van der Waals surface area contributed by atoms with Crippen molar-refractivity contribution in [3.63, 3.8) is 0 Å². The van der Waals surface area contributed by atoms with Crippen LogP contribution >= 0.6 is 0 Å². The zero-order valence-electron chi connectivity index (χ0n) is 13.9. The van der Waals surface area contributed by atoms with Crippen molar-refractivity contribution in [2.75, 3.05) is 24.5 Å². The van der Waals surface area contributed by atoms with E-state index in [0.717, 1.165) is 36.2 Å². The average Bonchev–Trinajstić information content (AvgIpc) is 2.91. The molecule has 1 aromatic rings. The Kier molecular flexibility index (Phi) is 4.39. The largest absolute Gasteiger partial charge is 0.341 e. The van der Waals surface area contributed by atoms with E-state index in [2.05, 4.69) is 0 Å². The van der Waals surface area contributed by atoms with Crippen LogP contribution in [0.15, 0.2) is 18.2 Å². The van der Waals surface area contributed by atoms with Gasteiger partial charge in [0.25, 0.3) is 0 Å². The number of benzene rings is 1. The first kappa shape index (κ1) is 16.0. The highest BCUT2D eigenvalue weighted by Gasteiger charge is 2.38. The summed E-state index contributed by atoms with van der Waals surface area (Å²) in [6, 6.07) is 6.03. The fourth-order valence-corrected chi connectivity index (χ4v) is 3.60. The van der Waals surface area contributed by atoms with Crippen molar-refractivity contribution in [3.8, 4) is 0 Å². The van der Waals surface area contributed by atoms with Crippen molar-refractivity contribution in [1.82, 2.24) is 4.90 Å². The molecule has 0 saturated carbocycles. The second kappa shape index (κ2) is 6.32. The van der Waals surface area contributed by atoms with E-state index in [-0.39, 0.29) is 23.8 Å². The lowest BCUT2D eigenvalue weighted by Gasteiger charge is -2.32. The second-order valence-electron chi connectivity index (χ2n) is 6.81. The van der Waals surface area contributed by atoms with Gasteiger partial charge in [-0.25, -0.2) is 0 Å². The molecule has 2 fully saturated rings. The van der Waals surface area contributed by atoms with Gasteiger partial charge in [-0.2, -0.15) is 0 Å². The molecule has 2 N–H and O–H groups in total. The standard InChI is InChI=1S/C18H25N3O2/c1-12-5-3-7-16(13(12)2)21-10-14(9-17(21)22)18(23)20-8-4-6-15(19)11-20/h3,5,7,14-15H,4,6,8-11,19H2,1-2H3. The van der Waals surface area contributed by atoms with Gasteiger partial charge in [-0.15, -0.1) is 0 Å². The molecule has 2 atom stereocenters. The van der Waals surface area contributed by atoms with E-state index >= 15 is 0 Å². The monoisotopic (exact) mass is 315 g/mol. The highest BCUT2D eigenvalue weighted by atomic mass is 16.2. The fourth-order valence-electron chi connectivity index (χ4n) is 3.60. The van der Waals surface area contributed by atoms with Gasteiger partial charge in [0.2, 0.25) is 11.8 Å². The van der Waals surface area contributed by atoms with Crippen molar-refractivity contribution in [3.05, 3.63) is 29.3 Å². The lowest BCUT2D eigenvalue weighted by molar-refractivity contribution is -0.136. The van der Waals surface area contributed by atoms with Crippen LogP contribution in [0, 0.1) is 19.8 Å². The van der Waals surface area contributed by atoms with E-state index in [1.54, 1.807) is 4.90 Å². The number of hydrogen-bond donors (Lipinski definition) is 1. The minimum Gasteiger partial charge on any atom is -0.341 e. The Morgan fingerprint density at radius 3 is 2.78 bits per heavy atom. The molecule has 2 amide bonds. The minimum atomic E-state index is -0.243. The summed E-state index contributed by atoms with van der Waals surface area (Å²) in [6.45, 7) is 5.93. The van der Waals surface area contributed by atoms with E-state index in [1.807, 2.05) is 36.9 Å². The molecule has 5 heteroatoms. The third-order valence-electron chi connectivity index (χ3n) is 5.11. The number of carbonyl (C=O) groups is 2. The van der Waals surface area contributed by atoms with Crippen LogP contribution in [0.5, 0.6) is 0 Å². The predicted molar refractivity (Wildman–Crippen MR) is 90.2 cm³/mol. The zero-order valence-corrected chi connectivity index (χ0v) is 13.9. The molecule has 1 aromatic carbocycles. The molecule has 2 heterocycles. The number of amides is 2. The Bertz CT molecular complexity index is 629. The van der Waals surface area contributed by atoms with Crippen molar-refractivity contribution in [1.29, 1.82) is 0 Å². The molecule has 0 bridgehead atoms. The fraction of sp³-hybridized carbons (Fsp3) is 0.556. The maximum atomic E-state index is 12.7. The number of nitrogens with zero attached hydrogens (tertiary/aromatic N) is 2. The Labute approximate surface area is 137 Å². The van der Waals surface area contributed by atoms with Crippen LogP contribution in [0.25, 0.3) is 0 Å². The quantitative estimate of drug-likeness (QED) is 0.901. The van der Waals surface area contributed by atoms with Crippen molar-refractivity contribution in [2.24, 2.45) is 11.7 Å². The van der Waals surface area contributed by atoms with Gasteiger partial charge in [-0.05, 0) is 43.9 Å². The SMILES string of the molecule is Cc1cccc(N2CC(C(=O)N3CCCC(N)C3)CC2=O)c1C. The van der Waals surface area contributed by atoms with Gasteiger partial charge in [0, 0.05) is 37.8 Å². The number of aryl methyl sites for hydroxylation is 1. The number of anilines is 1. The first-order valence-electron chi connectivity index (χ1n) is 8.38. The second-order valence-corrected chi connectivity index (χ2v) is 6.81. The van der Waals surface area contributed by atoms with Crippen LogP contribution in [-0.2, 0) is 9.59 Å². The average molecular weight is 315 g/mol. The van der Waals surface area contributed by atoms with Gasteiger partial charge in [-0.3, -0.25) is 9.59 Å². The van der Waals surface area contributed by atoms with Gasteiger partial charge >= 0.3 is 0 Å². The lowest BCUT2D eigenvalue weighted by Crippen LogP contribution is -2.48. The third kappa shape index (κ3) is 3.11. The normalized spacial score (nSPS) is 25.1. The third-order valence-corrected chi connectivity index (χ3v) is 5.11. The molecule has 23 heavy (non-hydrogen) atoms. The van der Waals surface area contributed by atoms with E-state index < -0.39 is 0 Å². The van der Waals surface area contributed by atoms with E-state index in [4.69, 9.17) is 5.73 Å². The summed E-state index contributed by atoms with van der Waals surface area (Å²) in [4.78, 5) is 28.8. The van der Waals surface area contributed by atoms with Crippen molar-refractivity contribution < 1.29 is 9.59 Å². The van der Waals surface area contributed by atoms with Crippen LogP contribution in [0.3, 0.4) is 0 Å². The van der Waals surface area contributed by atoms with Crippen LogP contribution in [0.1, 0.15) is 30.4 Å². The summed E-state index contributed by atoms with van der Waals surface area (Å²) in [5.74, 6) is -0.118. The van der Waals surface area contributed by atoms with E-state index in [0.29, 0.717) is 19.5 Å². The van der Waals surface area contributed by atoms with Gasteiger partial charge < -0.3 is 15.5 Å². The van der Waals surface area contributed by atoms with Crippen molar-refractivity contribution in [2.45, 2.75) is 39.2 Å². The van der Waals surface area contributed by atoms with Crippen LogP contribution < -0.4 is 10.6 Å². The Morgan fingerprint density at radius 1 is 1.26 bits per heavy atom. The molecule has 124 valence electrons. The topological polar surface area (TPSA) is 66.6 Å². The van der Waals surface area contributed by atoms with Gasteiger partial charge in [0.05, 0.1) is 5.92 Å². The smallest absolute Gasteiger partial charge is 0.228 e. The number of hydrogen-bond acceptors (Lipinski definition) is 3. The number of nitrogens with two attached hydrogens (primary N) is 1. The molecule has 0 aromatic heterocycles. The Hall–Kier alpha value is -1.88. The predicted octanol–water partition coefficient (Wildman–Crippen LogP) is 1.61. The highest BCUT2D eigenvalue weighted by molar-refractivity contribution is 6.00. The minimum absolute atomic E-state index is 0.0401. The molecular weight excluding hydrogens is 290 g/mol. The Balaban J connectivity index is 1.74. The number of rotatable bonds is 2. The molecule has 0 radical (unpaired) electrons. The molecular formula is C18H25N3O2. The first-order valence-corrected chi connectivity index (χ1v) is 8.38. The molecule has 2 aliphatic rings. The van der Waals surface area contributed by atoms with Crippen LogP contribution in [0.2, 0.25) is 0 Å². The maximum Gasteiger partial charge on any atom is 0.228 e. The van der Waals surface area contributed by atoms with E-state index in [1.165, 1.54) is 0 Å². The number of piperidine rings is 1. The zero-order chi connectivity index (χ0) is 16.6. The molecule has 2 saturated heterocycles. The summed E-state index contributed by atoms with van der Waals surface area (Å²) in [5.41, 5.74) is 9.17. The number of likely N-dealkylation sites (tertiary alicyclic amines) is 1. The van der Waals surface area contributed by atoms with Crippen LogP contribution in [-0.4, -0.2) is 42.4 Å². The van der Waals surface area contributed by atoms with Crippen molar-refractivity contribution >= 4 is 17.5 Å².